The summed E-state index contributed by atoms with van der Waals surface area (Å²) < 4.78 is 22.8. The smallest absolute Gasteiger partial charge is 0.307 e. The Bertz CT molecular complexity index is 673. The SMILES string of the molecule is COC(=O)C[C@@H](NC(=O)COc1ccc(F)cc1)c1ccccc1. The molecule has 2 rings (SSSR count). The van der Waals surface area contributed by atoms with Gasteiger partial charge in [0.1, 0.15) is 11.6 Å². The van der Waals surface area contributed by atoms with E-state index in [9.17, 15) is 14.0 Å². The zero-order valence-corrected chi connectivity index (χ0v) is 13.2. The molecule has 24 heavy (non-hydrogen) atoms. The summed E-state index contributed by atoms with van der Waals surface area (Å²) >= 11 is 0. The first kappa shape index (κ1) is 17.5. The second-order valence-corrected chi connectivity index (χ2v) is 5.05. The van der Waals surface area contributed by atoms with Gasteiger partial charge < -0.3 is 14.8 Å². The number of benzene rings is 2. The minimum absolute atomic E-state index is 0.0167. The molecule has 2 aromatic rings. The Morgan fingerprint density at radius 1 is 1.08 bits per heavy atom. The fraction of sp³-hybridized carbons (Fsp3) is 0.222. The number of methoxy groups -OCH3 is 1. The van der Waals surface area contributed by atoms with Crippen molar-refractivity contribution in [3.05, 3.63) is 66.0 Å². The van der Waals surface area contributed by atoms with Crippen LogP contribution in [-0.2, 0) is 14.3 Å². The van der Waals surface area contributed by atoms with Crippen molar-refractivity contribution in [2.24, 2.45) is 0 Å². The highest BCUT2D eigenvalue weighted by Gasteiger charge is 2.19. The number of hydrogen-bond acceptors (Lipinski definition) is 4. The van der Waals surface area contributed by atoms with Gasteiger partial charge in [0.2, 0.25) is 0 Å². The minimum Gasteiger partial charge on any atom is -0.484 e. The zero-order chi connectivity index (χ0) is 17.4. The van der Waals surface area contributed by atoms with E-state index in [2.05, 4.69) is 10.1 Å². The lowest BCUT2D eigenvalue weighted by Gasteiger charge is -2.18. The third-order valence-corrected chi connectivity index (χ3v) is 3.32. The predicted molar refractivity (Wildman–Crippen MR) is 85.9 cm³/mol. The number of nitrogens with one attached hydrogen (secondary N) is 1. The molecule has 1 N–H and O–H groups in total. The van der Waals surface area contributed by atoms with Crippen LogP contribution in [0.1, 0.15) is 18.0 Å². The van der Waals surface area contributed by atoms with Crippen molar-refractivity contribution in [1.82, 2.24) is 5.32 Å². The molecule has 1 atom stereocenters. The molecule has 0 aliphatic carbocycles. The van der Waals surface area contributed by atoms with Crippen molar-refractivity contribution >= 4 is 11.9 Å². The summed E-state index contributed by atoms with van der Waals surface area (Å²) in [4.78, 5) is 23.6. The molecular formula is C18H18FNO4. The highest BCUT2D eigenvalue weighted by atomic mass is 19.1. The number of rotatable bonds is 7. The van der Waals surface area contributed by atoms with Gasteiger partial charge in [0.15, 0.2) is 6.61 Å². The van der Waals surface area contributed by atoms with Crippen molar-refractivity contribution < 1.29 is 23.5 Å². The van der Waals surface area contributed by atoms with Gasteiger partial charge in [0.25, 0.3) is 5.91 Å². The summed E-state index contributed by atoms with van der Waals surface area (Å²) in [5.74, 6) is -0.814. The van der Waals surface area contributed by atoms with Gasteiger partial charge in [-0.05, 0) is 29.8 Å². The van der Waals surface area contributed by atoms with Crippen LogP contribution < -0.4 is 10.1 Å². The van der Waals surface area contributed by atoms with Crippen LogP contribution in [0.5, 0.6) is 5.75 Å². The average Bonchev–Trinajstić information content (AvgIpc) is 2.61. The van der Waals surface area contributed by atoms with Crippen molar-refractivity contribution in [3.63, 3.8) is 0 Å². The Labute approximate surface area is 139 Å². The lowest BCUT2D eigenvalue weighted by atomic mass is 10.0. The maximum absolute atomic E-state index is 12.8. The number of carbonyl (C=O) groups excluding carboxylic acids is 2. The summed E-state index contributed by atoms with van der Waals surface area (Å²) in [6, 6.07) is 14.0. The molecule has 126 valence electrons. The van der Waals surface area contributed by atoms with E-state index in [1.54, 1.807) is 0 Å². The fourth-order valence-corrected chi connectivity index (χ4v) is 2.10. The highest BCUT2D eigenvalue weighted by molar-refractivity contribution is 5.79. The maximum Gasteiger partial charge on any atom is 0.307 e. The molecule has 0 aliphatic rings. The van der Waals surface area contributed by atoms with Crippen LogP contribution in [0, 0.1) is 5.82 Å². The lowest BCUT2D eigenvalue weighted by molar-refractivity contribution is -0.141. The molecule has 0 heterocycles. The first-order valence-electron chi connectivity index (χ1n) is 7.38. The van der Waals surface area contributed by atoms with E-state index >= 15 is 0 Å². The Hall–Kier alpha value is -2.89. The number of halogens is 1. The first-order valence-corrected chi connectivity index (χ1v) is 7.38. The second-order valence-electron chi connectivity index (χ2n) is 5.05. The number of esters is 1. The fourth-order valence-electron chi connectivity index (χ4n) is 2.10. The first-order chi connectivity index (χ1) is 11.6. The van der Waals surface area contributed by atoms with Gasteiger partial charge in [-0.25, -0.2) is 4.39 Å². The van der Waals surface area contributed by atoms with Gasteiger partial charge in [-0.1, -0.05) is 30.3 Å². The standard InChI is InChI=1S/C18H18FNO4/c1-23-18(22)11-16(13-5-3-2-4-6-13)20-17(21)12-24-15-9-7-14(19)8-10-15/h2-10,16H,11-12H2,1H3,(H,20,21)/t16-/m1/s1. The number of hydrogen-bond donors (Lipinski definition) is 1. The van der Waals surface area contributed by atoms with Gasteiger partial charge in [0, 0.05) is 0 Å². The van der Waals surface area contributed by atoms with E-state index in [4.69, 9.17) is 4.74 Å². The van der Waals surface area contributed by atoms with Gasteiger partial charge in [0.05, 0.1) is 19.6 Å². The Balaban J connectivity index is 1.96. The maximum atomic E-state index is 12.8. The topological polar surface area (TPSA) is 64.6 Å². The van der Waals surface area contributed by atoms with Crippen LogP contribution in [0.2, 0.25) is 0 Å². The van der Waals surface area contributed by atoms with Gasteiger partial charge >= 0.3 is 5.97 Å². The van der Waals surface area contributed by atoms with E-state index < -0.39 is 17.9 Å². The lowest BCUT2D eigenvalue weighted by Crippen LogP contribution is -2.34. The normalized spacial score (nSPS) is 11.4. The molecule has 0 bridgehead atoms. The molecule has 2 aromatic carbocycles. The molecule has 1 amide bonds. The van der Waals surface area contributed by atoms with Crippen LogP contribution in [-0.4, -0.2) is 25.6 Å². The number of amides is 1. The molecule has 6 heteroatoms. The van der Waals surface area contributed by atoms with Crippen LogP contribution >= 0.6 is 0 Å². The summed E-state index contributed by atoms with van der Waals surface area (Å²) in [5.41, 5.74) is 0.790. The molecule has 0 aromatic heterocycles. The summed E-state index contributed by atoms with van der Waals surface area (Å²) in [6.45, 7) is -0.240. The molecule has 5 nitrogen and oxygen atoms in total. The third kappa shape index (κ3) is 5.39. The van der Waals surface area contributed by atoms with E-state index in [1.165, 1.54) is 31.4 Å². The molecule has 0 aliphatic heterocycles. The molecule has 0 unspecified atom stereocenters. The van der Waals surface area contributed by atoms with Crippen LogP contribution in [0.3, 0.4) is 0 Å². The molecule has 0 radical (unpaired) electrons. The summed E-state index contributed by atoms with van der Waals surface area (Å²) in [5, 5.41) is 2.74. The van der Waals surface area contributed by atoms with Gasteiger partial charge in [-0.2, -0.15) is 0 Å². The van der Waals surface area contributed by atoms with Crippen LogP contribution in [0.4, 0.5) is 4.39 Å². The highest BCUT2D eigenvalue weighted by Crippen LogP contribution is 2.17. The summed E-state index contributed by atoms with van der Waals surface area (Å²) in [6.07, 6.45) is 0.0167. The third-order valence-electron chi connectivity index (χ3n) is 3.32. The van der Waals surface area contributed by atoms with Crippen LogP contribution in [0.15, 0.2) is 54.6 Å². The second kappa shape index (κ2) is 8.67. The van der Waals surface area contributed by atoms with Crippen molar-refractivity contribution in [2.45, 2.75) is 12.5 Å². The van der Waals surface area contributed by atoms with Crippen molar-refractivity contribution in [2.75, 3.05) is 13.7 Å². The van der Waals surface area contributed by atoms with Gasteiger partial charge in [-0.15, -0.1) is 0 Å². The number of ether oxygens (including phenoxy) is 2. The molecule has 0 spiro atoms. The van der Waals surface area contributed by atoms with E-state index in [0.29, 0.717) is 5.75 Å². The van der Waals surface area contributed by atoms with E-state index in [1.807, 2.05) is 30.3 Å². The predicted octanol–water partition coefficient (Wildman–Crippen LogP) is 2.63. The monoisotopic (exact) mass is 331 g/mol. The van der Waals surface area contributed by atoms with Crippen LogP contribution in [0.25, 0.3) is 0 Å². The van der Waals surface area contributed by atoms with Crippen molar-refractivity contribution in [3.8, 4) is 5.75 Å². The van der Waals surface area contributed by atoms with E-state index in [-0.39, 0.29) is 18.8 Å². The summed E-state index contributed by atoms with van der Waals surface area (Å²) in [7, 11) is 1.30. The molecule has 0 saturated heterocycles. The number of carbonyl (C=O) groups is 2. The molecule has 0 saturated carbocycles. The zero-order valence-electron chi connectivity index (χ0n) is 13.2. The minimum atomic E-state index is -0.511. The molecule has 0 fully saturated rings. The quantitative estimate of drug-likeness (QED) is 0.792. The van der Waals surface area contributed by atoms with Gasteiger partial charge in [-0.3, -0.25) is 9.59 Å². The largest absolute Gasteiger partial charge is 0.484 e. The van der Waals surface area contributed by atoms with Crippen molar-refractivity contribution in [1.29, 1.82) is 0 Å². The Morgan fingerprint density at radius 3 is 2.38 bits per heavy atom. The van der Waals surface area contributed by atoms with E-state index in [0.717, 1.165) is 5.56 Å². The Morgan fingerprint density at radius 2 is 1.75 bits per heavy atom. The Kier molecular flexibility index (Phi) is 6.31. The average molecular weight is 331 g/mol. The molecular weight excluding hydrogens is 313 g/mol.